The summed E-state index contributed by atoms with van der Waals surface area (Å²) in [5, 5.41) is 6.98. The summed E-state index contributed by atoms with van der Waals surface area (Å²) in [5.74, 6) is -0.0526. The van der Waals surface area contributed by atoms with Crippen molar-refractivity contribution in [2.45, 2.75) is 25.6 Å². The maximum Gasteiger partial charge on any atom is 0.419 e. The quantitative estimate of drug-likeness (QED) is 0.673. The van der Waals surface area contributed by atoms with Crippen LogP contribution >= 0.6 is 0 Å². The molecule has 4 heterocycles. The molecule has 162 valence electrons. The molecule has 31 heavy (non-hydrogen) atoms. The highest BCUT2D eigenvalue weighted by molar-refractivity contribution is 5.79. The van der Waals surface area contributed by atoms with Crippen molar-refractivity contribution in [1.82, 2.24) is 25.1 Å². The number of nitrogens with zero attached hydrogens (tertiary/aromatic N) is 5. The van der Waals surface area contributed by atoms with E-state index in [4.69, 9.17) is 0 Å². The van der Waals surface area contributed by atoms with Crippen LogP contribution in [0.2, 0.25) is 0 Å². The minimum atomic E-state index is -4.49. The Hall–Kier alpha value is -3.43. The van der Waals surface area contributed by atoms with Gasteiger partial charge in [-0.05, 0) is 42.7 Å². The molecule has 0 saturated carbocycles. The Morgan fingerprint density at radius 1 is 1.16 bits per heavy atom. The summed E-state index contributed by atoms with van der Waals surface area (Å²) in [5.41, 5.74) is 0.0420. The van der Waals surface area contributed by atoms with Crippen LogP contribution in [0.5, 0.6) is 0 Å². The minimum Gasteiger partial charge on any atom is -0.355 e. The summed E-state index contributed by atoms with van der Waals surface area (Å²) in [6.07, 6.45) is 3.19. The Bertz CT molecular complexity index is 1020. The summed E-state index contributed by atoms with van der Waals surface area (Å²) < 4.78 is 41.6. The highest BCUT2D eigenvalue weighted by Crippen LogP contribution is 2.36. The minimum absolute atomic E-state index is 0.120. The molecule has 0 unspecified atom stereocenters. The number of carbonyl (C=O) groups excluding carboxylic acids is 1. The van der Waals surface area contributed by atoms with E-state index in [1.165, 1.54) is 12.3 Å². The Morgan fingerprint density at radius 3 is 2.74 bits per heavy atom. The third kappa shape index (κ3) is 4.84. The number of aromatic nitrogens is 4. The van der Waals surface area contributed by atoms with Crippen LogP contribution in [0.15, 0.2) is 55.1 Å². The molecule has 0 bridgehead atoms. The molecule has 1 amide bonds. The molecule has 4 rings (SSSR count). The number of hydrogen-bond acceptors (Lipinski definition) is 5. The second-order valence-electron chi connectivity index (χ2n) is 7.35. The van der Waals surface area contributed by atoms with Gasteiger partial charge in [0.25, 0.3) is 0 Å². The van der Waals surface area contributed by atoms with Crippen LogP contribution in [0.25, 0.3) is 5.82 Å². The predicted octanol–water partition coefficient (Wildman–Crippen LogP) is 3.21. The van der Waals surface area contributed by atoms with Gasteiger partial charge < -0.3 is 10.2 Å². The number of pyridine rings is 2. The van der Waals surface area contributed by atoms with Crippen LogP contribution in [-0.2, 0) is 17.5 Å². The zero-order valence-electron chi connectivity index (χ0n) is 16.6. The molecule has 1 aliphatic heterocycles. The zero-order valence-corrected chi connectivity index (χ0v) is 16.6. The third-order valence-corrected chi connectivity index (χ3v) is 5.20. The van der Waals surface area contributed by atoms with Crippen LogP contribution in [0.4, 0.5) is 19.0 Å². The van der Waals surface area contributed by atoms with Crippen molar-refractivity contribution in [1.29, 1.82) is 0 Å². The van der Waals surface area contributed by atoms with Crippen molar-refractivity contribution in [3.63, 3.8) is 0 Å². The highest BCUT2D eigenvalue weighted by atomic mass is 19.4. The summed E-state index contributed by atoms with van der Waals surface area (Å²) in [6, 6.07) is 7.74. The maximum atomic E-state index is 13.3. The van der Waals surface area contributed by atoms with Crippen molar-refractivity contribution in [3.8, 4) is 5.82 Å². The Labute approximate surface area is 176 Å². The van der Waals surface area contributed by atoms with Crippen molar-refractivity contribution >= 4 is 11.7 Å². The van der Waals surface area contributed by atoms with Gasteiger partial charge in [-0.25, -0.2) is 14.6 Å². The van der Waals surface area contributed by atoms with Crippen molar-refractivity contribution < 1.29 is 18.0 Å². The molecule has 1 fully saturated rings. The molecular formula is C21H21F3N6O. The number of nitrogens with one attached hydrogen (secondary N) is 1. The molecular weight excluding hydrogens is 409 g/mol. The lowest BCUT2D eigenvalue weighted by Crippen LogP contribution is -2.43. The average Bonchev–Trinajstić information content (AvgIpc) is 3.32. The fourth-order valence-electron chi connectivity index (χ4n) is 3.65. The van der Waals surface area contributed by atoms with E-state index >= 15 is 0 Å². The number of amides is 1. The summed E-state index contributed by atoms with van der Waals surface area (Å²) in [4.78, 5) is 22.5. The van der Waals surface area contributed by atoms with Gasteiger partial charge in [0, 0.05) is 44.4 Å². The SMILES string of the molecule is O=C(NCc1ccc(-n2cccn2)nc1)[C@H]1CCCN(c2ncccc2C(F)(F)F)C1. The van der Waals surface area contributed by atoms with Crippen molar-refractivity contribution in [2.24, 2.45) is 5.92 Å². The van der Waals surface area contributed by atoms with E-state index in [1.807, 2.05) is 6.07 Å². The predicted molar refractivity (Wildman–Crippen MR) is 107 cm³/mol. The monoisotopic (exact) mass is 430 g/mol. The van der Waals surface area contributed by atoms with E-state index in [0.717, 1.165) is 11.6 Å². The molecule has 7 nitrogen and oxygen atoms in total. The number of anilines is 1. The first kappa shape index (κ1) is 20.8. The lowest BCUT2D eigenvalue weighted by molar-refractivity contribution is -0.137. The molecule has 1 aliphatic rings. The first-order valence-corrected chi connectivity index (χ1v) is 9.91. The first-order valence-electron chi connectivity index (χ1n) is 9.91. The van der Waals surface area contributed by atoms with E-state index in [0.29, 0.717) is 31.7 Å². The van der Waals surface area contributed by atoms with Gasteiger partial charge in [0.05, 0.1) is 11.5 Å². The van der Waals surface area contributed by atoms with Gasteiger partial charge in [-0.1, -0.05) is 6.07 Å². The van der Waals surface area contributed by atoms with Gasteiger partial charge in [-0.2, -0.15) is 18.3 Å². The topological polar surface area (TPSA) is 75.9 Å². The third-order valence-electron chi connectivity index (χ3n) is 5.20. The van der Waals surface area contributed by atoms with Crippen molar-refractivity contribution in [2.75, 3.05) is 18.0 Å². The molecule has 3 aromatic heterocycles. The fourth-order valence-corrected chi connectivity index (χ4v) is 3.65. The lowest BCUT2D eigenvalue weighted by Gasteiger charge is -2.34. The molecule has 0 spiro atoms. The molecule has 1 N–H and O–H groups in total. The smallest absolute Gasteiger partial charge is 0.355 e. The zero-order chi connectivity index (χ0) is 21.8. The normalized spacial score (nSPS) is 16.9. The number of piperidine rings is 1. The first-order chi connectivity index (χ1) is 14.9. The lowest BCUT2D eigenvalue weighted by atomic mass is 9.96. The van der Waals surface area contributed by atoms with Crippen LogP contribution in [0.3, 0.4) is 0 Å². The molecule has 0 aromatic carbocycles. The van der Waals surface area contributed by atoms with Crippen LogP contribution in [-0.4, -0.2) is 38.7 Å². The Kier molecular flexibility index (Phi) is 5.88. The van der Waals surface area contributed by atoms with Crippen molar-refractivity contribution in [3.05, 3.63) is 66.2 Å². The summed E-state index contributed by atoms with van der Waals surface area (Å²) >= 11 is 0. The largest absolute Gasteiger partial charge is 0.419 e. The molecule has 1 atom stereocenters. The molecule has 3 aromatic rings. The number of alkyl halides is 3. The molecule has 0 radical (unpaired) electrons. The van der Waals surface area contributed by atoms with Gasteiger partial charge in [-0.3, -0.25) is 4.79 Å². The van der Waals surface area contributed by atoms with Gasteiger partial charge in [0.2, 0.25) is 5.91 Å². The summed E-state index contributed by atoms with van der Waals surface area (Å²) in [6.45, 7) is 0.921. The van der Waals surface area contributed by atoms with Crippen LogP contribution < -0.4 is 10.2 Å². The Balaban J connectivity index is 1.37. The van der Waals surface area contributed by atoms with Gasteiger partial charge in [0.15, 0.2) is 5.82 Å². The Morgan fingerprint density at radius 2 is 2.03 bits per heavy atom. The molecule has 10 heteroatoms. The maximum absolute atomic E-state index is 13.3. The molecule has 0 aliphatic carbocycles. The number of halogens is 3. The van der Waals surface area contributed by atoms with Gasteiger partial charge in [-0.15, -0.1) is 0 Å². The van der Waals surface area contributed by atoms with Crippen LogP contribution in [0.1, 0.15) is 24.0 Å². The van der Waals surface area contributed by atoms with E-state index in [-0.39, 0.29) is 18.3 Å². The van der Waals surface area contributed by atoms with E-state index in [9.17, 15) is 18.0 Å². The number of rotatable bonds is 5. The van der Waals surface area contributed by atoms with Gasteiger partial charge in [0.1, 0.15) is 5.82 Å². The van der Waals surface area contributed by atoms with E-state index in [2.05, 4.69) is 20.4 Å². The van der Waals surface area contributed by atoms with Gasteiger partial charge >= 0.3 is 6.18 Å². The average molecular weight is 430 g/mol. The van der Waals surface area contributed by atoms with E-state index < -0.39 is 17.7 Å². The standard InChI is InChI=1S/C21H21F3N6O/c22-21(23,24)17-5-1-8-25-19(17)29-10-2-4-16(14-29)20(31)27-13-15-6-7-18(26-12-15)30-11-3-9-28-30/h1,3,5-9,11-12,16H,2,4,10,13-14H2,(H,27,31)/t16-/m0/s1. The second kappa shape index (κ2) is 8.75. The number of hydrogen-bond donors (Lipinski definition) is 1. The second-order valence-corrected chi connectivity index (χ2v) is 7.35. The number of carbonyl (C=O) groups is 1. The van der Waals surface area contributed by atoms with Crippen LogP contribution in [0, 0.1) is 5.92 Å². The van der Waals surface area contributed by atoms with E-state index in [1.54, 1.807) is 40.3 Å². The highest BCUT2D eigenvalue weighted by Gasteiger charge is 2.37. The molecule has 1 saturated heterocycles. The fraction of sp³-hybridized carbons (Fsp3) is 0.333. The summed E-state index contributed by atoms with van der Waals surface area (Å²) in [7, 11) is 0.